The first-order valence-corrected chi connectivity index (χ1v) is 8.03. The maximum absolute atomic E-state index is 13.4. The van der Waals surface area contributed by atoms with Crippen LogP contribution in [0.25, 0.3) is 0 Å². The number of amides is 2. The monoisotopic (exact) mass is 321 g/mol. The third kappa shape index (κ3) is 4.28. The van der Waals surface area contributed by atoms with Gasteiger partial charge in [-0.15, -0.1) is 0 Å². The number of rotatable bonds is 5. The zero-order valence-electron chi connectivity index (χ0n) is 13.6. The average molecular weight is 321 g/mol. The first-order chi connectivity index (χ1) is 10.9. The summed E-state index contributed by atoms with van der Waals surface area (Å²) in [4.78, 5) is 25.7. The molecular formula is C17H24FN3O2. The number of hydrogen-bond donors (Lipinski definition) is 2. The Hall–Kier alpha value is -1.95. The number of piperidine rings is 1. The van der Waals surface area contributed by atoms with Gasteiger partial charge >= 0.3 is 0 Å². The first kappa shape index (κ1) is 17.4. The molecule has 0 unspecified atom stereocenters. The van der Waals surface area contributed by atoms with Crippen molar-refractivity contribution >= 4 is 11.8 Å². The molecule has 126 valence electrons. The van der Waals surface area contributed by atoms with Gasteiger partial charge < -0.3 is 11.1 Å². The summed E-state index contributed by atoms with van der Waals surface area (Å²) in [5.74, 6) is -1.93. The second-order valence-electron chi connectivity index (χ2n) is 6.18. The number of nitrogens with two attached hydrogens (primary N) is 1. The highest BCUT2D eigenvalue weighted by molar-refractivity contribution is 5.99. The van der Waals surface area contributed by atoms with Crippen LogP contribution in [0.15, 0.2) is 18.2 Å². The van der Waals surface area contributed by atoms with Crippen LogP contribution in [0, 0.1) is 5.82 Å². The Bertz CT molecular complexity index is 581. The van der Waals surface area contributed by atoms with E-state index in [1.54, 1.807) is 0 Å². The predicted molar refractivity (Wildman–Crippen MR) is 86.7 cm³/mol. The van der Waals surface area contributed by atoms with E-state index in [1.165, 1.54) is 31.4 Å². The Balaban J connectivity index is 1.92. The van der Waals surface area contributed by atoms with Crippen LogP contribution in [0.5, 0.6) is 0 Å². The number of likely N-dealkylation sites (tertiary alicyclic amines) is 1. The number of carbonyl (C=O) groups excluding carboxylic acids is 2. The fraction of sp³-hybridized carbons (Fsp3) is 0.529. The Morgan fingerprint density at radius 3 is 2.57 bits per heavy atom. The van der Waals surface area contributed by atoms with Crippen molar-refractivity contribution in [3.8, 4) is 0 Å². The molecule has 1 heterocycles. The fourth-order valence-electron chi connectivity index (χ4n) is 3.17. The number of hydrogen-bond acceptors (Lipinski definition) is 3. The number of nitrogens with zero attached hydrogens (tertiary/aromatic N) is 1. The maximum Gasteiger partial charge on any atom is 0.251 e. The SMILES string of the molecule is C[C@@H]1CCC[C@H](C)N1CCNC(=O)c1ccc(F)c(C(N)=O)c1. The van der Waals surface area contributed by atoms with Crippen molar-refractivity contribution < 1.29 is 14.0 Å². The van der Waals surface area contributed by atoms with Gasteiger partial charge in [-0.05, 0) is 44.9 Å². The smallest absolute Gasteiger partial charge is 0.251 e. The number of halogens is 1. The minimum atomic E-state index is -0.881. The maximum atomic E-state index is 13.4. The van der Waals surface area contributed by atoms with Crippen molar-refractivity contribution in [3.05, 3.63) is 35.1 Å². The lowest BCUT2D eigenvalue weighted by molar-refractivity contribution is 0.0889. The van der Waals surface area contributed by atoms with Crippen LogP contribution in [0.1, 0.15) is 53.8 Å². The molecule has 1 aromatic carbocycles. The standard InChI is InChI=1S/C17H24FN3O2/c1-11-4-3-5-12(2)21(11)9-8-20-17(23)13-6-7-15(18)14(10-13)16(19)22/h6-7,10-12H,3-5,8-9H2,1-2H3,(H2,19,22)(H,20,23)/t11-,12+. The molecule has 2 atom stereocenters. The van der Waals surface area contributed by atoms with Crippen LogP contribution in [0.3, 0.4) is 0 Å². The van der Waals surface area contributed by atoms with E-state index < -0.39 is 11.7 Å². The van der Waals surface area contributed by atoms with Crippen molar-refractivity contribution in [2.75, 3.05) is 13.1 Å². The highest BCUT2D eigenvalue weighted by Crippen LogP contribution is 2.21. The van der Waals surface area contributed by atoms with Crippen LogP contribution < -0.4 is 11.1 Å². The molecule has 6 heteroatoms. The molecule has 2 rings (SSSR count). The molecule has 1 fully saturated rings. The van der Waals surface area contributed by atoms with Gasteiger partial charge in [-0.1, -0.05) is 6.42 Å². The van der Waals surface area contributed by atoms with Gasteiger partial charge in [-0.2, -0.15) is 0 Å². The van der Waals surface area contributed by atoms with Crippen molar-refractivity contribution in [1.29, 1.82) is 0 Å². The average Bonchev–Trinajstić information content (AvgIpc) is 2.50. The largest absolute Gasteiger partial charge is 0.366 e. The highest BCUT2D eigenvalue weighted by Gasteiger charge is 2.24. The van der Waals surface area contributed by atoms with Gasteiger partial charge in [0.1, 0.15) is 5.82 Å². The van der Waals surface area contributed by atoms with Gasteiger partial charge in [0.25, 0.3) is 11.8 Å². The van der Waals surface area contributed by atoms with Gasteiger partial charge in [-0.25, -0.2) is 4.39 Å². The van der Waals surface area contributed by atoms with Gasteiger partial charge in [0.05, 0.1) is 5.56 Å². The molecular weight excluding hydrogens is 297 g/mol. The van der Waals surface area contributed by atoms with Crippen molar-refractivity contribution in [2.24, 2.45) is 5.73 Å². The zero-order chi connectivity index (χ0) is 17.0. The minimum absolute atomic E-state index is 0.236. The van der Waals surface area contributed by atoms with Crippen LogP contribution in [0.2, 0.25) is 0 Å². The molecule has 0 bridgehead atoms. The molecule has 2 amide bonds. The topological polar surface area (TPSA) is 75.4 Å². The lowest BCUT2D eigenvalue weighted by Gasteiger charge is -2.39. The quantitative estimate of drug-likeness (QED) is 0.870. The fourth-order valence-corrected chi connectivity index (χ4v) is 3.17. The molecule has 0 saturated carbocycles. The van der Waals surface area contributed by atoms with Crippen LogP contribution in [0.4, 0.5) is 4.39 Å². The second-order valence-corrected chi connectivity index (χ2v) is 6.18. The van der Waals surface area contributed by atoms with Crippen LogP contribution in [-0.4, -0.2) is 41.9 Å². The molecule has 23 heavy (non-hydrogen) atoms. The van der Waals surface area contributed by atoms with E-state index in [0.717, 1.165) is 12.6 Å². The summed E-state index contributed by atoms with van der Waals surface area (Å²) in [6.07, 6.45) is 3.60. The summed E-state index contributed by atoms with van der Waals surface area (Å²) in [5.41, 5.74) is 5.06. The molecule has 1 aliphatic heterocycles. The van der Waals surface area contributed by atoms with Gasteiger partial charge in [0, 0.05) is 30.7 Å². The Morgan fingerprint density at radius 2 is 1.96 bits per heavy atom. The Morgan fingerprint density at radius 1 is 1.30 bits per heavy atom. The van der Waals surface area contributed by atoms with E-state index >= 15 is 0 Å². The molecule has 1 saturated heterocycles. The molecule has 0 aliphatic carbocycles. The number of carbonyl (C=O) groups is 2. The summed E-state index contributed by atoms with van der Waals surface area (Å²) >= 11 is 0. The van der Waals surface area contributed by atoms with Crippen molar-refractivity contribution in [2.45, 2.75) is 45.2 Å². The van der Waals surface area contributed by atoms with Crippen LogP contribution >= 0.6 is 0 Å². The number of nitrogens with one attached hydrogen (secondary N) is 1. The van der Waals surface area contributed by atoms with E-state index in [1.807, 2.05) is 0 Å². The van der Waals surface area contributed by atoms with E-state index in [-0.39, 0.29) is 17.0 Å². The lowest BCUT2D eigenvalue weighted by Crippen LogP contribution is -2.47. The van der Waals surface area contributed by atoms with E-state index in [4.69, 9.17) is 5.73 Å². The Labute approximate surface area is 136 Å². The lowest BCUT2D eigenvalue weighted by atomic mass is 9.98. The third-order valence-corrected chi connectivity index (χ3v) is 4.53. The minimum Gasteiger partial charge on any atom is -0.366 e. The normalized spacial score (nSPS) is 21.9. The van der Waals surface area contributed by atoms with E-state index in [0.29, 0.717) is 18.6 Å². The molecule has 5 nitrogen and oxygen atoms in total. The molecule has 0 spiro atoms. The third-order valence-electron chi connectivity index (χ3n) is 4.53. The molecule has 3 N–H and O–H groups in total. The molecule has 1 aliphatic rings. The second kappa shape index (κ2) is 7.55. The van der Waals surface area contributed by atoms with Gasteiger partial charge in [-0.3, -0.25) is 14.5 Å². The number of benzene rings is 1. The van der Waals surface area contributed by atoms with Gasteiger partial charge in [0.2, 0.25) is 0 Å². The van der Waals surface area contributed by atoms with Gasteiger partial charge in [0.15, 0.2) is 0 Å². The highest BCUT2D eigenvalue weighted by atomic mass is 19.1. The molecule has 0 aromatic heterocycles. The zero-order valence-corrected chi connectivity index (χ0v) is 13.6. The van der Waals surface area contributed by atoms with Crippen molar-refractivity contribution in [1.82, 2.24) is 10.2 Å². The van der Waals surface area contributed by atoms with Crippen LogP contribution in [-0.2, 0) is 0 Å². The summed E-state index contributed by atoms with van der Waals surface area (Å²) in [6, 6.07) is 4.66. The first-order valence-electron chi connectivity index (χ1n) is 8.03. The van der Waals surface area contributed by atoms with Crippen molar-refractivity contribution in [3.63, 3.8) is 0 Å². The van der Waals surface area contributed by atoms with E-state index in [9.17, 15) is 14.0 Å². The van der Waals surface area contributed by atoms with E-state index in [2.05, 4.69) is 24.1 Å². The Kier molecular flexibility index (Phi) is 5.71. The molecule has 0 radical (unpaired) electrons. The molecule has 1 aromatic rings. The summed E-state index contributed by atoms with van der Waals surface area (Å²) in [5, 5.41) is 2.82. The number of primary amides is 1. The summed E-state index contributed by atoms with van der Waals surface area (Å²) < 4.78 is 13.4. The summed E-state index contributed by atoms with van der Waals surface area (Å²) in [6.45, 7) is 5.70. The predicted octanol–water partition coefficient (Wildman–Crippen LogP) is 1.92. The summed E-state index contributed by atoms with van der Waals surface area (Å²) in [7, 11) is 0.